The maximum Gasteiger partial charge on any atom is 0.0643 e. The molecule has 0 bridgehead atoms. The van der Waals surface area contributed by atoms with Gasteiger partial charge in [-0.05, 0) is 82.6 Å². The zero-order valence-corrected chi connectivity index (χ0v) is 19.3. The van der Waals surface area contributed by atoms with Gasteiger partial charge in [0.05, 0.1) is 5.54 Å². The summed E-state index contributed by atoms with van der Waals surface area (Å²) >= 11 is 0. The molecule has 0 N–H and O–H groups in total. The van der Waals surface area contributed by atoms with E-state index >= 15 is 0 Å². The highest BCUT2D eigenvalue weighted by atomic mass is 15.2. The molecule has 0 amide bonds. The predicted octanol–water partition coefficient (Wildman–Crippen LogP) is 7.87. The monoisotopic (exact) mass is 408 g/mol. The second kappa shape index (κ2) is 8.47. The van der Waals surface area contributed by atoms with E-state index in [-0.39, 0.29) is 5.54 Å². The first kappa shape index (κ1) is 21.0. The van der Waals surface area contributed by atoms with Crippen LogP contribution >= 0.6 is 0 Å². The summed E-state index contributed by atoms with van der Waals surface area (Å²) in [6.07, 6.45) is 7.90. The first-order valence-electron chi connectivity index (χ1n) is 11.0. The Kier molecular flexibility index (Phi) is 5.73. The molecular formula is C29H32N2. The van der Waals surface area contributed by atoms with Crippen molar-refractivity contribution >= 4 is 22.7 Å². The van der Waals surface area contributed by atoms with Gasteiger partial charge in [-0.1, -0.05) is 59.2 Å². The van der Waals surface area contributed by atoms with Crippen molar-refractivity contribution in [1.82, 2.24) is 0 Å². The normalized spacial score (nSPS) is 17.9. The number of hydrogen-bond acceptors (Lipinski definition) is 2. The SMILES string of the molecule is CC1=CC[C@@](C)(N(c2ccc(C)cc2)c2ccc(N(C)c3ccc(C)cc3)cc2)C=C1. The van der Waals surface area contributed by atoms with E-state index in [0.29, 0.717) is 0 Å². The highest BCUT2D eigenvalue weighted by molar-refractivity contribution is 5.71. The molecule has 0 saturated carbocycles. The van der Waals surface area contributed by atoms with E-state index in [2.05, 4.69) is 136 Å². The van der Waals surface area contributed by atoms with Crippen LogP contribution in [0.3, 0.4) is 0 Å². The Bertz CT molecular complexity index is 1090. The van der Waals surface area contributed by atoms with Crippen molar-refractivity contribution < 1.29 is 0 Å². The van der Waals surface area contributed by atoms with Gasteiger partial charge in [0.15, 0.2) is 0 Å². The van der Waals surface area contributed by atoms with Crippen LogP contribution in [0.15, 0.2) is 96.6 Å². The molecule has 31 heavy (non-hydrogen) atoms. The van der Waals surface area contributed by atoms with Gasteiger partial charge in [-0.2, -0.15) is 0 Å². The molecular weight excluding hydrogens is 376 g/mol. The van der Waals surface area contributed by atoms with Gasteiger partial charge in [0, 0.05) is 29.8 Å². The van der Waals surface area contributed by atoms with Crippen molar-refractivity contribution in [2.24, 2.45) is 0 Å². The van der Waals surface area contributed by atoms with Crippen LogP contribution in [-0.2, 0) is 0 Å². The van der Waals surface area contributed by atoms with Crippen LogP contribution < -0.4 is 9.80 Å². The Labute approximate surface area is 187 Å². The maximum absolute atomic E-state index is 2.46. The third kappa shape index (κ3) is 4.44. The van der Waals surface area contributed by atoms with Gasteiger partial charge in [0.25, 0.3) is 0 Å². The topological polar surface area (TPSA) is 6.48 Å². The van der Waals surface area contributed by atoms with Gasteiger partial charge in [0.1, 0.15) is 0 Å². The number of aryl methyl sites for hydroxylation is 2. The van der Waals surface area contributed by atoms with E-state index in [1.165, 1.54) is 39.4 Å². The lowest BCUT2D eigenvalue weighted by Gasteiger charge is -2.42. The zero-order valence-electron chi connectivity index (χ0n) is 19.3. The van der Waals surface area contributed by atoms with Crippen LogP contribution in [0.1, 0.15) is 31.4 Å². The fourth-order valence-corrected chi connectivity index (χ4v) is 4.16. The first-order valence-corrected chi connectivity index (χ1v) is 11.0. The number of allylic oxidation sites excluding steroid dienone is 2. The summed E-state index contributed by atoms with van der Waals surface area (Å²) in [5, 5.41) is 0. The third-order valence-electron chi connectivity index (χ3n) is 6.26. The minimum atomic E-state index is -0.112. The van der Waals surface area contributed by atoms with Crippen molar-refractivity contribution in [3.8, 4) is 0 Å². The van der Waals surface area contributed by atoms with Crippen molar-refractivity contribution in [3.63, 3.8) is 0 Å². The quantitative estimate of drug-likeness (QED) is 0.424. The largest absolute Gasteiger partial charge is 0.345 e. The molecule has 1 aliphatic carbocycles. The van der Waals surface area contributed by atoms with Crippen LogP contribution in [0.2, 0.25) is 0 Å². The molecule has 1 atom stereocenters. The zero-order chi connectivity index (χ0) is 22.0. The molecule has 2 nitrogen and oxygen atoms in total. The van der Waals surface area contributed by atoms with E-state index in [1.807, 2.05) is 0 Å². The van der Waals surface area contributed by atoms with Crippen molar-refractivity contribution in [2.45, 2.75) is 39.7 Å². The molecule has 0 heterocycles. The van der Waals surface area contributed by atoms with Crippen LogP contribution in [-0.4, -0.2) is 12.6 Å². The highest BCUT2D eigenvalue weighted by Gasteiger charge is 2.31. The second-order valence-electron chi connectivity index (χ2n) is 8.92. The molecule has 0 aromatic heterocycles. The molecule has 0 fully saturated rings. The standard InChI is InChI=1S/C29H32N2/c1-22-6-10-25(11-7-22)30(5)26-14-16-28(17-15-26)31(27-12-8-23(2)9-13-27)29(4)20-18-24(3)19-21-29/h6-20H,21H2,1-5H3/t29-/m0/s1. The highest BCUT2D eigenvalue weighted by Crippen LogP contribution is 2.39. The van der Waals surface area contributed by atoms with Gasteiger partial charge in [-0.25, -0.2) is 0 Å². The van der Waals surface area contributed by atoms with Crippen LogP contribution in [0.25, 0.3) is 0 Å². The molecule has 0 spiro atoms. The van der Waals surface area contributed by atoms with Gasteiger partial charge >= 0.3 is 0 Å². The molecule has 2 heteroatoms. The van der Waals surface area contributed by atoms with Gasteiger partial charge in [-0.15, -0.1) is 0 Å². The number of anilines is 4. The Morgan fingerprint density at radius 1 is 0.645 bits per heavy atom. The fourth-order valence-electron chi connectivity index (χ4n) is 4.16. The summed E-state index contributed by atoms with van der Waals surface area (Å²) in [4.78, 5) is 4.69. The van der Waals surface area contributed by atoms with Crippen molar-refractivity contribution in [1.29, 1.82) is 0 Å². The van der Waals surface area contributed by atoms with Gasteiger partial charge < -0.3 is 9.80 Å². The fraction of sp³-hybridized carbons (Fsp3) is 0.241. The summed E-state index contributed by atoms with van der Waals surface area (Å²) in [6.45, 7) is 8.74. The molecule has 1 aliphatic rings. The summed E-state index contributed by atoms with van der Waals surface area (Å²) in [7, 11) is 2.12. The molecule has 0 aliphatic heterocycles. The molecule has 3 aromatic rings. The summed E-state index contributed by atoms with van der Waals surface area (Å²) in [6, 6.07) is 26.4. The lowest BCUT2D eigenvalue weighted by Crippen LogP contribution is -2.42. The molecule has 158 valence electrons. The van der Waals surface area contributed by atoms with E-state index < -0.39 is 0 Å². The van der Waals surface area contributed by atoms with Gasteiger partial charge in [-0.3, -0.25) is 0 Å². The van der Waals surface area contributed by atoms with Crippen LogP contribution in [0, 0.1) is 13.8 Å². The van der Waals surface area contributed by atoms with Crippen molar-refractivity contribution in [3.05, 3.63) is 108 Å². The molecule has 3 aromatic carbocycles. The number of hydrogen-bond donors (Lipinski definition) is 0. The van der Waals surface area contributed by atoms with Crippen LogP contribution in [0.5, 0.6) is 0 Å². The Hall–Kier alpha value is -3.26. The van der Waals surface area contributed by atoms with Gasteiger partial charge in [0.2, 0.25) is 0 Å². The number of nitrogens with zero attached hydrogens (tertiary/aromatic N) is 2. The minimum Gasteiger partial charge on any atom is -0.345 e. The first-order chi connectivity index (χ1) is 14.9. The van der Waals surface area contributed by atoms with Crippen molar-refractivity contribution in [2.75, 3.05) is 16.8 Å². The number of rotatable bonds is 5. The summed E-state index contributed by atoms with van der Waals surface area (Å²) in [5.74, 6) is 0. The molecule has 0 radical (unpaired) electrons. The average Bonchev–Trinajstić information content (AvgIpc) is 2.78. The van der Waals surface area contributed by atoms with E-state index in [1.54, 1.807) is 0 Å². The smallest absolute Gasteiger partial charge is 0.0643 e. The Balaban J connectivity index is 1.69. The number of benzene rings is 3. The Morgan fingerprint density at radius 2 is 1.06 bits per heavy atom. The van der Waals surface area contributed by atoms with Crippen LogP contribution in [0.4, 0.5) is 22.7 Å². The third-order valence-corrected chi connectivity index (χ3v) is 6.26. The molecule has 4 rings (SSSR count). The summed E-state index contributed by atoms with van der Waals surface area (Å²) in [5.41, 5.74) is 8.55. The van der Waals surface area contributed by atoms with E-state index in [9.17, 15) is 0 Å². The molecule has 0 unspecified atom stereocenters. The summed E-state index contributed by atoms with van der Waals surface area (Å²) < 4.78 is 0. The van der Waals surface area contributed by atoms with E-state index in [4.69, 9.17) is 0 Å². The second-order valence-corrected chi connectivity index (χ2v) is 8.92. The lowest BCUT2D eigenvalue weighted by atomic mass is 9.88. The average molecular weight is 409 g/mol. The molecule has 0 saturated heterocycles. The maximum atomic E-state index is 2.46. The predicted molar refractivity (Wildman–Crippen MR) is 135 cm³/mol. The Morgan fingerprint density at radius 3 is 1.52 bits per heavy atom. The van der Waals surface area contributed by atoms with E-state index in [0.717, 1.165) is 6.42 Å². The lowest BCUT2D eigenvalue weighted by molar-refractivity contribution is 0.567. The minimum absolute atomic E-state index is 0.112.